The Labute approximate surface area is 145 Å². The van der Waals surface area contributed by atoms with Crippen LogP contribution in [0.3, 0.4) is 0 Å². The number of anilines is 1. The molecule has 3 heterocycles. The lowest BCUT2D eigenvalue weighted by Crippen LogP contribution is -2.51. The van der Waals surface area contributed by atoms with Gasteiger partial charge in [-0.1, -0.05) is 11.6 Å². The van der Waals surface area contributed by atoms with Gasteiger partial charge in [0.1, 0.15) is 37.2 Å². The van der Waals surface area contributed by atoms with E-state index in [9.17, 15) is 18.0 Å². The van der Waals surface area contributed by atoms with Crippen molar-refractivity contribution in [3.8, 4) is 0 Å². The number of amides is 1. The molecule has 1 N–H and O–H groups in total. The highest BCUT2D eigenvalue weighted by Gasteiger charge is 2.34. The van der Waals surface area contributed by atoms with Gasteiger partial charge in [0.15, 0.2) is 0 Å². The Kier molecular flexibility index (Phi) is 4.75. The number of aromatic nitrogens is 5. The smallest absolute Gasteiger partial charge is 0.333 e. The van der Waals surface area contributed by atoms with Crippen LogP contribution in [0.1, 0.15) is 5.56 Å². The minimum Gasteiger partial charge on any atom is -0.333 e. The van der Waals surface area contributed by atoms with Crippen LogP contribution in [0.25, 0.3) is 0 Å². The monoisotopic (exact) mass is 376 g/mol. The molecule has 0 bridgehead atoms. The van der Waals surface area contributed by atoms with Crippen LogP contribution in [0.2, 0.25) is 5.02 Å². The van der Waals surface area contributed by atoms with Crippen molar-refractivity contribution in [2.45, 2.75) is 12.7 Å². The van der Waals surface area contributed by atoms with E-state index in [4.69, 9.17) is 11.6 Å². The summed E-state index contributed by atoms with van der Waals surface area (Å²) in [7, 11) is 0. The Morgan fingerprint density at radius 3 is 2.56 bits per heavy atom. The molecule has 1 aliphatic heterocycles. The molecule has 0 atom stereocenters. The highest BCUT2D eigenvalue weighted by atomic mass is 35.5. The standard InChI is InChI=1S/C13H13ClF3N7O/c14-10-5-9(13(15,16)17)6-18-12(10)23-3-1-22(2-4-23)11(25)7-24-8-19-20-21-24/h5-6,8H,1-4,7H2/p+1. The van der Waals surface area contributed by atoms with E-state index < -0.39 is 11.7 Å². The fourth-order valence-electron chi connectivity index (χ4n) is 2.54. The van der Waals surface area contributed by atoms with Crippen molar-refractivity contribution in [2.75, 3.05) is 31.1 Å². The molecule has 1 fully saturated rings. The third-order valence-electron chi connectivity index (χ3n) is 3.84. The molecule has 1 saturated heterocycles. The molecule has 25 heavy (non-hydrogen) atoms. The van der Waals surface area contributed by atoms with Crippen LogP contribution in [0, 0.1) is 0 Å². The molecule has 0 aromatic carbocycles. The van der Waals surface area contributed by atoms with E-state index in [2.05, 4.69) is 20.5 Å². The largest absolute Gasteiger partial charge is 0.419 e. The summed E-state index contributed by atoms with van der Waals surface area (Å²) >= 11 is 5.98. The zero-order valence-electron chi connectivity index (χ0n) is 12.9. The number of aromatic amines is 1. The zero-order chi connectivity index (χ0) is 18.0. The maximum absolute atomic E-state index is 12.7. The summed E-state index contributed by atoms with van der Waals surface area (Å²) in [5.41, 5.74) is -0.837. The second-order valence-corrected chi connectivity index (χ2v) is 5.87. The Bertz CT molecular complexity index is 745. The van der Waals surface area contributed by atoms with Crippen molar-refractivity contribution < 1.29 is 22.9 Å². The molecule has 1 amide bonds. The van der Waals surface area contributed by atoms with E-state index in [1.807, 2.05) is 4.90 Å². The molecule has 2 aromatic heterocycles. The van der Waals surface area contributed by atoms with E-state index in [0.29, 0.717) is 32.0 Å². The molecule has 0 unspecified atom stereocenters. The Balaban J connectivity index is 1.61. The molecule has 0 aliphatic carbocycles. The summed E-state index contributed by atoms with van der Waals surface area (Å²) in [5.74, 6) is 0.275. The highest BCUT2D eigenvalue weighted by Crippen LogP contribution is 2.32. The molecular weight excluding hydrogens is 363 g/mol. The van der Waals surface area contributed by atoms with Gasteiger partial charge in [-0.05, 0) is 16.5 Å². The number of carbonyl (C=O) groups is 1. The van der Waals surface area contributed by atoms with Gasteiger partial charge < -0.3 is 4.90 Å². The number of nitrogens with zero attached hydrogens (tertiary/aromatic N) is 6. The van der Waals surface area contributed by atoms with E-state index >= 15 is 0 Å². The summed E-state index contributed by atoms with van der Waals surface area (Å²) in [5, 5.41) is 10.5. The van der Waals surface area contributed by atoms with Gasteiger partial charge in [-0.3, -0.25) is 9.69 Å². The van der Waals surface area contributed by atoms with E-state index in [-0.39, 0.29) is 17.5 Å². The first-order valence-corrected chi connectivity index (χ1v) is 7.74. The first kappa shape index (κ1) is 17.4. The minimum absolute atomic E-state index is 0.0108. The van der Waals surface area contributed by atoms with Crippen LogP contribution in [-0.4, -0.2) is 57.2 Å². The van der Waals surface area contributed by atoms with Crippen LogP contribution in [0.15, 0.2) is 18.6 Å². The lowest BCUT2D eigenvalue weighted by atomic mass is 10.2. The van der Waals surface area contributed by atoms with Crippen LogP contribution < -0.4 is 9.88 Å². The van der Waals surface area contributed by atoms with Gasteiger partial charge in [0, 0.05) is 0 Å². The van der Waals surface area contributed by atoms with Crippen LogP contribution >= 0.6 is 11.6 Å². The van der Waals surface area contributed by atoms with Gasteiger partial charge in [-0.15, -0.1) is 5.10 Å². The zero-order valence-corrected chi connectivity index (χ0v) is 13.6. The predicted molar refractivity (Wildman–Crippen MR) is 79.6 cm³/mol. The number of tetrazole rings is 1. The van der Waals surface area contributed by atoms with Crippen molar-refractivity contribution in [2.24, 2.45) is 0 Å². The lowest BCUT2D eigenvalue weighted by molar-refractivity contribution is -0.367. The van der Waals surface area contributed by atoms with Crippen molar-refractivity contribution >= 4 is 23.3 Å². The number of pyridine rings is 1. The molecule has 0 radical (unpaired) electrons. The lowest BCUT2D eigenvalue weighted by Gasteiger charge is -2.31. The number of H-pyrrole nitrogens is 1. The van der Waals surface area contributed by atoms with E-state index in [1.165, 1.54) is 11.0 Å². The maximum Gasteiger partial charge on any atom is 0.419 e. The number of nitrogens with one attached hydrogen (secondary N) is 1. The Hall–Kier alpha value is -2.43. The average molecular weight is 377 g/mol. The number of halogens is 4. The third-order valence-corrected chi connectivity index (χ3v) is 4.13. The van der Waals surface area contributed by atoms with Gasteiger partial charge in [-0.25, -0.2) is 9.67 Å². The van der Waals surface area contributed by atoms with Gasteiger partial charge in [0.2, 0.25) is 5.91 Å². The number of piperazine rings is 1. The molecule has 2 aromatic rings. The second-order valence-electron chi connectivity index (χ2n) is 5.46. The van der Waals surface area contributed by atoms with Crippen molar-refractivity contribution in [3.63, 3.8) is 0 Å². The summed E-state index contributed by atoms with van der Waals surface area (Å²) in [6.45, 7) is 1.78. The highest BCUT2D eigenvalue weighted by molar-refractivity contribution is 6.32. The molecule has 3 rings (SSSR count). The van der Waals surface area contributed by atoms with Crippen molar-refractivity contribution in [1.82, 2.24) is 25.1 Å². The predicted octanol–water partition coefficient (Wildman–Crippen LogP) is 0.508. The van der Waals surface area contributed by atoms with E-state index in [0.717, 1.165) is 12.3 Å². The molecular formula is C13H14ClF3N7O+. The average Bonchev–Trinajstić information content (AvgIpc) is 3.07. The van der Waals surface area contributed by atoms with Crippen molar-refractivity contribution in [1.29, 1.82) is 0 Å². The van der Waals surface area contributed by atoms with Gasteiger partial charge in [0.05, 0.1) is 18.7 Å². The number of rotatable bonds is 3. The summed E-state index contributed by atoms with van der Waals surface area (Å²) < 4.78 is 39.4. The maximum atomic E-state index is 12.7. The molecule has 0 saturated carbocycles. The quantitative estimate of drug-likeness (QED) is 0.779. The molecule has 0 spiro atoms. The van der Waals surface area contributed by atoms with Gasteiger partial charge in [-0.2, -0.15) is 13.2 Å². The molecule has 12 heteroatoms. The van der Waals surface area contributed by atoms with Gasteiger partial charge >= 0.3 is 6.18 Å². The van der Waals surface area contributed by atoms with Gasteiger partial charge in [0.25, 0.3) is 5.82 Å². The SMILES string of the molecule is O=C(Cn1cnnn1)N1CCN(c2[nH+]cc(C(F)(F)F)cc2Cl)CC1. The molecule has 134 valence electrons. The first-order valence-electron chi connectivity index (χ1n) is 7.36. The van der Waals surface area contributed by atoms with Crippen LogP contribution in [-0.2, 0) is 17.5 Å². The first-order chi connectivity index (χ1) is 11.8. The molecule has 1 aliphatic rings. The van der Waals surface area contributed by atoms with Crippen LogP contribution in [0.4, 0.5) is 19.0 Å². The summed E-state index contributed by atoms with van der Waals surface area (Å²) in [4.78, 5) is 18.2. The second kappa shape index (κ2) is 6.82. The fourth-order valence-corrected chi connectivity index (χ4v) is 2.83. The number of hydrogen-bond donors (Lipinski definition) is 0. The number of hydrogen-bond acceptors (Lipinski definition) is 5. The van der Waals surface area contributed by atoms with Crippen molar-refractivity contribution in [3.05, 3.63) is 29.2 Å². The fraction of sp³-hybridized carbons (Fsp3) is 0.462. The number of alkyl halides is 3. The summed E-state index contributed by atoms with van der Waals surface area (Å²) in [6.07, 6.45) is -2.22. The molecule has 8 nitrogen and oxygen atoms in total. The topological polar surface area (TPSA) is 81.3 Å². The Morgan fingerprint density at radius 1 is 1.28 bits per heavy atom. The number of carbonyl (C=O) groups excluding carboxylic acids is 1. The normalized spacial score (nSPS) is 15.5. The third kappa shape index (κ3) is 3.98. The summed E-state index contributed by atoms with van der Waals surface area (Å²) in [6, 6.07) is 0.891. The Morgan fingerprint density at radius 2 is 2.00 bits per heavy atom. The minimum atomic E-state index is -4.46. The van der Waals surface area contributed by atoms with Crippen LogP contribution in [0.5, 0.6) is 0 Å². The van der Waals surface area contributed by atoms with E-state index in [1.54, 1.807) is 4.90 Å².